The van der Waals surface area contributed by atoms with Crippen molar-refractivity contribution in [1.82, 2.24) is 14.7 Å². The van der Waals surface area contributed by atoms with Crippen LogP contribution in [0.15, 0.2) is 12.3 Å². The second-order valence-corrected chi connectivity index (χ2v) is 3.47. The lowest BCUT2D eigenvalue weighted by molar-refractivity contribution is -0.153. The van der Waals surface area contributed by atoms with E-state index < -0.39 is 34.9 Å². The fraction of sp³-hybridized carbons (Fsp3) is 0.333. The van der Waals surface area contributed by atoms with Crippen molar-refractivity contribution in [2.75, 3.05) is 7.11 Å². The molecule has 2 aromatic rings. The summed E-state index contributed by atoms with van der Waals surface area (Å²) in [6.07, 6.45) is -9.17. The fourth-order valence-corrected chi connectivity index (χ4v) is 1.46. The minimum atomic E-state index is -4.87. The third-order valence-corrected chi connectivity index (χ3v) is 2.23. The van der Waals surface area contributed by atoms with Crippen LogP contribution < -0.4 is 4.84 Å². The molecule has 0 bridgehead atoms. The molecular formula is C9H5F6N3O. The van der Waals surface area contributed by atoms with Crippen molar-refractivity contribution in [3.8, 4) is 0 Å². The molecule has 0 spiro atoms. The van der Waals surface area contributed by atoms with Gasteiger partial charge in [0.15, 0.2) is 5.65 Å². The Morgan fingerprint density at radius 2 is 1.74 bits per heavy atom. The molecule has 0 N–H and O–H groups in total. The molecule has 2 rings (SSSR count). The monoisotopic (exact) mass is 285 g/mol. The number of alkyl halides is 6. The Bertz CT molecular complexity index is 615. The van der Waals surface area contributed by atoms with E-state index in [0.717, 1.165) is 7.11 Å². The molecule has 0 saturated carbocycles. The van der Waals surface area contributed by atoms with Crippen LogP contribution >= 0.6 is 0 Å². The highest BCUT2D eigenvalue weighted by atomic mass is 19.4. The lowest BCUT2D eigenvalue weighted by Crippen LogP contribution is -2.18. The van der Waals surface area contributed by atoms with Crippen LogP contribution in [-0.4, -0.2) is 21.8 Å². The number of rotatable bonds is 1. The first-order valence-electron chi connectivity index (χ1n) is 4.72. The van der Waals surface area contributed by atoms with Crippen LogP contribution in [0.25, 0.3) is 11.2 Å². The Labute approximate surface area is 101 Å². The van der Waals surface area contributed by atoms with E-state index in [1.807, 2.05) is 0 Å². The quantitative estimate of drug-likeness (QED) is 0.756. The maximum absolute atomic E-state index is 12.6. The number of aromatic nitrogens is 3. The van der Waals surface area contributed by atoms with Gasteiger partial charge in [-0.25, -0.2) is 9.97 Å². The number of imidazole rings is 1. The maximum Gasteiger partial charge on any atom is 0.453 e. The van der Waals surface area contributed by atoms with E-state index in [-0.39, 0.29) is 4.73 Å². The molecule has 0 radical (unpaired) electrons. The summed E-state index contributed by atoms with van der Waals surface area (Å²) in [4.78, 5) is 10.8. The first-order valence-corrected chi connectivity index (χ1v) is 4.72. The molecule has 0 aliphatic rings. The highest BCUT2D eigenvalue weighted by Crippen LogP contribution is 2.33. The molecule has 2 heterocycles. The van der Waals surface area contributed by atoms with E-state index in [1.54, 1.807) is 0 Å². The Kier molecular flexibility index (Phi) is 2.83. The first-order chi connectivity index (χ1) is 8.64. The van der Waals surface area contributed by atoms with Crippen molar-refractivity contribution < 1.29 is 31.2 Å². The molecule has 0 aliphatic carbocycles. The topological polar surface area (TPSA) is 39.9 Å². The number of halogens is 6. The second-order valence-electron chi connectivity index (χ2n) is 3.47. The zero-order chi connectivity index (χ0) is 14.4. The third kappa shape index (κ3) is 2.29. The minimum absolute atomic E-state index is 0.164. The van der Waals surface area contributed by atoms with Crippen LogP contribution in [0, 0.1) is 0 Å². The van der Waals surface area contributed by atoms with Gasteiger partial charge in [-0.15, -0.1) is 0 Å². The fourth-order valence-electron chi connectivity index (χ4n) is 1.46. The molecule has 10 heteroatoms. The van der Waals surface area contributed by atoms with Gasteiger partial charge in [-0.2, -0.15) is 31.1 Å². The van der Waals surface area contributed by atoms with Gasteiger partial charge in [0.2, 0.25) is 0 Å². The zero-order valence-electron chi connectivity index (χ0n) is 9.17. The Balaban J connectivity index is 2.72. The predicted molar refractivity (Wildman–Crippen MR) is 50.0 cm³/mol. The van der Waals surface area contributed by atoms with Gasteiger partial charge in [0.25, 0.3) is 5.82 Å². The van der Waals surface area contributed by atoms with E-state index in [4.69, 9.17) is 0 Å². The van der Waals surface area contributed by atoms with Gasteiger partial charge >= 0.3 is 12.4 Å². The van der Waals surface area contributed by atoms with E-state index in [9.17, 15) is 26.3 Å². The normalized spacial score (nSPS) is 13.0. The Morgan fingerprint density at radius 1 is 1.11 bits per heavy atom. The smallest absolute Gasteiger partial charge is 0.415 e. The van der Waals surface area contributed by atoms with Crippen molar-refractivity contribution in [3.63, 3.8) is 0 Å². The van der Waals surface area contributed by atoms with Crippen LogP contribution in [0.1, 0.15) is 11.4 Å². The Morgan fingerprint density at radius 3 is 2.21 bits per heavy atom. The van der Waals surface area contributed by atoms with Gasteiger partial charge in [0.05, 0.1) is 5.56 Å². The Hall–Kier alpha value is -2.00. The van der Waals surface area contributed by atoms with Crippen LogP contribution in [0.4, 0.5) is 26.3 Å². The summed E-state index contributed by atoms with van der Waals surface area (Å²) in [6.45, 7) is 0. The van der Waals surface area contributed by atoms with Crippen molar-refractivity contribution in [1.29, 1.82) is 0 Å². The lowest BCUT2D eigenvalue weighted by atomic mass is 10.2. The van der Waals surface area contributed by atoms with Gasteiger partial charge in [-0.1, -0.05) is 0 Å². The molecule has 2 aromatic heterocycles. The largest absolute Gasteiger partial charge is 0.453 e. The number of hydrogen-bond acceptors (Lipinski definition) is 3. The molecule has 19 heavy (non-hydrogen) atoms. The van der Waals surface area contributed by atoms with Gasteiger partial charge in [-0.05, 0) is 6.07 Å². The van der Waals surface area contributed by atoms with Gasteiger partial charge < -0.3 is 4.84 Å². The van der Waals surface area contributed by atoms with Gasteiger partial charge in [0, 0.05) is 6.20 Å². The van der Waals surface area contributed by atoms with Crippen LogP contribution in [0.2, 0.25) is 0 Å². The number of fused-ring (bicyclic) bond motifs is 1. The maximum atomic E-state index is 12.6. The number of pyridine rings is 1. The van der Waals surface area contributed by atoms with E-state index >= 15 is 0 Å². The molecule has 0 aromatic carbocycles. The molecule has 0 fully saturated rings. The highest BCUT2D eigenvalue weighted by molar-refractivity contribution is 5.72. The zero-order valence-corrected chi connectivity index (χ0v) is 9.17. The number of hydrogen-bond donors (Lipinski definition) is 0. The van der Waals surface area contributed by atoms with Crippen molar-refractivity contribution >= 4 is 11.2 Å². The minimum Gasteiger partial charge on any atom is -0.415 e. The standard InChI is InChI=1S/C9H5F6N3O/c1-19-18-5-2-4(8(10,11)12)3-16-6(5)17-7(18)9(13,14)15/h2-3H,1H3. The van der Waals surface area contributed by atoms with E-state index in [1.165, 1.54) is 0 Å². The molecule has 104 valence electrons. The second kappa shape index (κ2) is 4.00. The summed E-state index contributed by atoms with van der Waals surface area (Å²) in [6, 6.07) is 0.494. The SMILES string of the molecule is COn1c(C(F)(F)F)nc2ncc(C(F)(F)F)cc21. The molecular weight excluding hydrogens is 280 g/mol. The van der Waals surface area contributed by atoms with Crippen LogP contribution in [-0.2, 0) is 12.4 Å². The summed E-state index contributed by atoms with van der Waals surface area (Å²) in [5.74, 6) is -1.48. The van der Waals surface area contributed by atoms with E-state index in [2.05, 4.69) is 14.8 Å². The molecule has 0 amide bonds. The molecule has 4 nitrogen and oxygen atoms in total. The molecule has 0 aliphatic heterocycles. The predicted octanol–water partition coefficient (Wildman–Crippen LogP) is 2.53. The van der Waals surface area contributed by atoms with Crippen LogP contribution in [0.3, 0.4) is 0 Å². The summed E-state index contributed by atoms with van der Waals surface area (Å²) < 4.78 is 75.3. The van der Waals surface area contributed by atoms with Gasteiger partial charge in [-0.3, -0.25) is 0 Å². The van der Waals surface area contributed by atoms with Crippen molar-refractivity contribution in [3.05, 3.63) is 23.7 Å². The number of nitrogens with zero attached hydrogens (tertiary/aromatic N) is 3. The first kappa shape index (κ1) is 13.4. The van der Waals surface area contributed by atoms with Gasteiger partial charge in [0.1, 0.15) is 12.6 Å². The average molecular weight is 285 g/mol. The summed E-state index contributed by atoms with van der Waals surface area (Å²) in [5, 5.41) is 0. The molecule has 0 saturated heterocycles. The third-order valence-electron chi connectivity index (χ3n) is 2.23. The van der Waals surface area contributed by atoms with Crippen molar-refractivity contribution in [2.24, 2.45) is 0 Å². The van der Waals surface area contributed by atoms with E-state index in [0.29, 0.717) is 12.3 Å². The van der Waals surface area contributed by atoms with Crippen LogP contribution in [0.5, 0.6) is 0 Å². The lowest BCUT2D eigenvalue weighted by Gasteiger charge is -2.09. The molecule has 0 unspecified atom stereocenters. The summed E-state index contributed by atoms with van der Waals surface area (Å²) >= 11 is 0. The highest BCUT2D eigenvalue weighted by Gasteiger charge is 2.40. The summed E-state index contributed by atoms with van der Waals surface area (Å²) in [7, 11) is 0.886. The van der Waals surface area contributed by atoms with Crippen molar-refractivity contribution in [2.45, 2.75) is 12.4 Å². The average Bonchev–Trinajstić information content (AvgIpc) is 2.64. The summed E-state index contributed by atoms with van der Waals surface area (Å²) in [5.41, 5.74) is -2.18. The molecule has 0 atom stereocenters.